The largest absolute Gasteiger partial charge is 0.487 e. The number of hydrogen-bond acceptors (Lipinski definition) is 3. The highest BCUT2D eigenvalue weighted by atomic mass is 35.5. The lowest BCUT2D eigenvalue weighted by Gasteiger charge is -2.10. The number of nitrogens with two attached hydrogens (primary N) is 1. The number of rotatable bonds is 6. The molecule has 0 aliphatic rings. The molecule has 0 bridgehead atoms. The van der Waals surface area contributed by atoms with Crippen LogP contribution in [0.5, 0.6) is 5.75 Å². The molecule has 2 N–H and O–H groups in total. The van der Waals surface area contributed by atoms with Gasteiger partial charge in [-0.15, -0.1) is 0 Å². The third kappa shape index (κ3) is 3.57. The Morgan fingerprint density at radius 3 is 2.48 bits per heavy atom. The van der Waals surface area contributed by atoms with Gasteiger partial charge in [0.1, 0.15) is 12.4 Å². The van der Waals surface area contributed by atoms with Gasteiger partial charge < -0.3 is 10.5 Å². The molecule has 0 aliphatic heterocycles. The molecule has 0 saturated heterocycles. The van der Waals surface area contributed by atoms with Gasteiger partial charge in [0.15, 0.2) is 0 Å². The molecule has 114 valence electrons. The number of aryl methyl sites for hydroxylation is 2. The van der Waals surface area contributed by atoms with Crippen molar-refractivity contribution in [1.29, 1.82) is 0 Å². The van der Waals surface area contributed by atoms with Gasteiger partial charge in [-0.05, 0) is 38.0 Å². The first-order valence-corrected chi connectivity index (χ1v) is 7.67. The highest BCUT2D eigenvalue weighted by Gasteiger charge is 2.14. The van der Waals surface area contributed by atoms with Crippen molar-refractivity contribution >= 4 is 11.6 Å². The van der Waals surface area contributed by atoms with Gasteiger partial charge in [-0.3, -0.25) is 4.68 Å². The number of aromatic nitrogens is 2. The second kappa shape index (κ2) is 6.96. The van der Waals surface area contributed by atoms with Crippen LogP contribution in [0.3, 0.4) is 0 Å². The molecule has 2 rings (SSSR count). The molecule has 1 aromatic heterocycles. The molecule has 1 heterocycles. The molecule has 0 amide bonds. The van der Waals surface area contributed by atoms with Crippen LogP contribution >= 0.6 is 11.6 Å². The van der Waals surface area contributed by atoms with Gasteiger partial charge >= 0.3 is 0 Å². The fourth-order valence-corrected chi connectivity index (χ4v) is 2.50. The second-order valence-electron chi connectivity index (χ2n) is 5.02. The SMILES string of the molecule is CCc1nn(CC)c(COc2ccc([C@@H](C)N)cc2)c1Cl. The highest BCUT2D eigenvalue weighted by Crippen LogP contribution is 2.24. The summed E-state index contributed by atoms with van der Waals surface area (Å²) in [7, 11) is 0. The van der Waals surface area contributed by atoms with Crippen LogP contribution in [0.15, 0.2) is 24.3 Å². The lowest BCUT2D eigenvalue weighted by Crippen LogP contribution is -2.07. The third-order valence-corrected chi connectivity index (χ3v) is 3.91. The fourth-order valence-electron chi connectivity index (χ4n) is 2.17. The van der Waals surface area contributed by atoms with Gasteiger partial charge in [-0.2, -0.15) is 5.10 Å². The van der Waals surface area contributed by atoms with Gasteiger partial charge in [0.05, 0.1) is 16.4 Å². The molecule has 4 nitrogen and oxygen atoms in total. The zero-order valence-electron chi connectivity index (χ0n) is 12.8. The number of ether oxygens (including phenoxy) is 1. The molecule has 0 spiro atoms. The fraction of sp³-hybridized carbons (Fsp3) is 0.438. The minimum absolute atomic E-state index is 0.0298. The van der Waals surface area contributed by atoms with E-state index >= 15 is 0 Å². The molecule has 0 radical (unpaired) electrons. The number of benzene rings is 1. The zero-order valence-corrected chi connectivity index (χ0v) is 13.5. The summed E-state index contributed by atoms with van der Waals surface area (Å²) in [5.41, 5.74) is 8.77. The Kier molecular flexibility index (Phi) is 5.26. The Hall–Kier alpha value is -1.52. The Balaban J connectivity index is 2.10. The van der Waals surface area contributed by atoms with Crippen LogP contribution in [0, 0.1) is 0 Å². The van der Waals surface area contributed by atoms with E-state index in [9.17, 15) is 0 Å². The average Bonchev–Trinajstić information content (AvgIpc) is 2.81. The molecule has 5 heteroatoms. The number of halogens is 1. The predicted molar refractivity (Wildman–Crippen MR) is 85.7 cm³/mol. The minimum atomic E-state index is 0.0298. The maximum atomic E-state index is 6.36. The van der Waals surface area contributed by atoms with E-state index in [0.29, 0.717) is 11.6 Å². The standard InChI is InChI=1S/C16H22ClN3O/c1-4-14-16(17)15(20(5-2)19-14)10-21-13-8-6-12(7-9-13)11(3)18/h6-9,11H,4-5,10,18H2,1-3H3/t11-/m1/s1. The van der Waals surface area contributed by atoms with E-state index in [1.165, 1.54) is 0 Å². The first kappa shape index (κ1) is 15.9. The average molecular weight is 308 g/mol. The molecule has 1 atom stereocenters. The van der Waals surface area contributed by atoms with Crippen LogP contribution < -0.4 is 10.5 Å². The van der Waals surface area contributed by atoms with Crippen molar-refractivity contribution in [3.8, 4) is 5.75 Å². The van der Waals surface area contributed by atoms with Crippen molar-refractivity contribution in [1.82, 2.24) is 9.78 Å². The summed E-state index contributed by atoms with van der Waals surface area (Å²) in [5.74, 6) is 0.803. The summed E-state index contributed by atoms with van der Waals surface area (Å²) in [6.07, 6.45) is 0.821. The maximum absolute atomic E-state index is 6.36. The summed E-state index contributed by atoms with van der Waals surface area (Å²) in [6, 6.07) is 7.86. The van der Waals surface area contributed by atoms with E-state index in [-0.39, 0.29) is 6.04 Å². The first-order valence-electron chi connectivity index (χ1n) is 7.29. The van der Waals surface area contributed by atoms with Crippen LogP contribution in [-0.2, 0) is 19.6 Å². The van der Waals surface area contributed by atoms with E-state index in [0.717, 1.165) is 35.7 Å². The van der Waals surface area contributed by atoms with Crippen LogP contribution in [0.1, 0.15) is 43.8 Å². The Bertz CT molecular complexity index is 590. The summed E-state index contributed by atoms with van der Waals surface area (Å²) >= 11 is 6.36. The molecule has 1 aromatic carbocycles. The molecular weight excluding hydrogens is 286 g/mol. The monoisotopic (exact) mass is 307 g/mol. The molecule has 0 saturated carbocycles. The van der Waals surface area contributed by atoms with Gasteiger partial charge in [0.25, 0.3) is 0 Å². The van der Waals surface area contributed by atoms with Gasteiger partial charge in [-0.1, -0.05) is 30.7 Å². The summed E-state index contributed by atoms with van der Waals surface area (Å²) < 4.78 is 7.72. The van der Waals surface area contributed by atoms with Gasteiger partial charge in [-0.25, -0.2) is 0 Å². The Morgan fingerprint density at radius 1 is 1.29 bits per heavy atom. The molecule has 0 fully saturated rings. The maximum Gasteiger partial charge on any atom is 0.131 e. The Labute approximate surface area is 130 Å². The summed E-state index contributed by atoms with van der Waals surface area (Å²) in [6.45, 7) is 7.25. The molecule has 21 heavy (non-hydrogen) atoms. The topological polar surface area (TPSA) is 53.1 Å². The van der Waals surface area contributed by atoms with Crippen LogP contribution in [-0.4, -0.2) is 9.78 Å². The molecular formula is C16H22ClN3O. The third-order valence-electron chi connectivity index (χ3n) is 3.48. The van der Waals surface area contributed by atoms with E-state index < -0.39 is 0 Å². The van der Waals surface area contributed by atoms with Crippen LogP contribution in [0.25, 0.3) is 0 Å². The van der Waals surface area contributed by atoms with Crippen molar-refractivity contribution in [2.45, 2.75) is 46.4 Å². The lowest BCUT2D eigenvalue weighted by atomic mass is 10.1. The second-order valence-corrected chi connectivity index (χ2v) is 5.40. The lowest BCUT2D eigenvalue weighted by molar-refractivity contribution is 0.292. The summed E-state index contributed by atoms with van der Waals surface area (Å²) in [5, 5.41) is 5.20. The molecule has 2 aromatic rings. The summed E-state index contributed by atoms with van der Waals surface area (Å²) in [4.78, 5) is 0. The first-order chi connectivity index (χ1) is 10.1. The van der Waals surface area contributed by atoms with Crippen molar-refractivity contribution in [2.75, 3.05) is 0 Å². The predicted octanol–water partition coefficient (Wildman–Crippen LogP) is 3.72. The van der Waals surface area contributed by atoms with E-state index in [2.05, 4.69) is 5.10 Å². The smallest absolute Gasteiger partial charge is 0.131 e. The van der Waals surface area contributed by atoms with E-state index in [1.54, 1.807) is 0 Å². The van der Waals surface area contributed by atoms with Crippen molar-refractivity contribution in [3.05, 3.63) is 46.2 Å². The van der Waals surface area contributed by atoms with E-state index in [1.807, 2.05) is 49.7 Å². The van der Waals surface area contributed by atoms with Crippen molar-refractivity contribution in [3.63, 3.8) is 0 Å². The van der Waals surface area contributed by atoms with Crippen molar-refractivity contribution in [2.24, 2.45) is 5.73 Å². The number of nitrogens with zero attached hydrogens (tertiary/aromatic N) is 2. The quantitative estimate of drug-likeness (QED) is 0.885. The molecule has 0 unspecified atom stereocenters. The molecule has 0 aliphatic carbocycles. The normalized spacial score (nSPS) is 12.4. The number of hydrogen-bond donors (Lipinski definition) is 1. The highest BCUT2D eigenvalue weighted by molar-refractivity contribution is 6.31. The van der Waals surface area contributed by atoms with Gasteiger partial charge in [0.2, 0.25) is 0 Å². The van der Waals surface area contributed by atoms with Crippen LogP contribution in [0.4, 0.5) is 0 Å². The van der Waals surface area contributed by atoms with Crippen molar-refractivity contribution < 1.29 is 4.74 Å². The zero-order chi connectivity index (χ0) is 15.4. The van der Waals surface area contributed by atoms with Crippen LogP contribution in [0.2, 0.25) is 5.02 Å². The van der Waals surface area contributed by atoms with E-state index in [4.69, 9.17) is 22.1 Å². The van der Waals surface area contributed by atoms with Gasteiger partial charge in [0, 0.05) is 12.6 Å². The Morgan fingerprint density at radius 2 is 1.95 bits per heavy atom. The minimum Gasteiger partial charge on any atom is -0.487 e.